The van der Waals surface area contributed by atoms with Gasteiger partial charge in [0.1, 0.15) is 12.6 Å². The molecule has 3 aromatic rings. The first kappa shape index (κ1) is 28.7. The molecule has 40 heavy (non-hydrogen) atoms. The molecule has 8 nitrogen and oxygen atoms in total. The lowest BCUT2D eigenvalue weighted by Gasteiger charge is -2.33. The van der Waals surface area contributed by atoms with Crippen LogP contribution >= 0.6 is 0 Å². The largest absolute Gasteiger partial charge is 0.388 e. The van der Waals surface area contributed by atoms with Crippen molar-refractivity contribution in [1.29, 1.82) is 0 Å². The van der Waals surface area contributed by atoms with Crippen molar-refractivity contribution in [1.82, 2.24) is 15.5 Å². The van der Waals surface area contributed by atoms with Crippen LogP contribution in [0, 0.1) is 0 Å². The van der Waals surface area contributed by atoms with Crippen molar-refractivity contribution >= 4 is 29.2 Å². The maximum absolute atomic E-state index is 14.2. The van der Waals surface area contributed by atoms with Crippen molar-refractivity contribution in [2.75, 3.05) is 24.2 Å². The summed E-state index contributed by atoms with van der Waals surface area (Å²) in [4.78, 5) is 42.1. The molecule has 0 aliphatic carbocycles. The first-order chi connectivity index (χ1) is 19.1. The molecule has 0 spiro atoms. The normalized spacial score (nSPS) is 19.4. The Labute approximate surface area is 236 Å². The van der Waals surface area contributed by atoms with Crippen LogP contribution in [-0.4, -0.2) is 47.9 Å². The molecule has 4 amide bonds. The molecule has 1 fully saturated rings. The van der Waals surface area contributed by atoms with Crippen LogP contribution < -0.4 is 21.3 Å². The van der Waals surface area contributed by atoms with Gasteiger partial charge in [-0.3, -0.25) is 9.59 Å². The van der Waals surface area contributed by atoms with Crippen LogP contribution in [0.3, 0.4) is 0 Å². The minimum atomic E-state index is -0.825. The molecule has 0 aromatic heterocycles. The molecule has 0 bridgehead atoms. The summed E-state index contributed by atoms with van der Waals surface area (Å²) in [7, 11) is 1.81. The van der Waals surface area contributed by atoms with Crippen LogP contribution in [0.1, 0.15) is 56.7 Å². The second-order valence-corrected chi connectivity index (χ2v) is 11.3. The summed E-state index contributed by atoms with van der Waals surface area (Å²) in [6, 6.07) is 25.5. The summed E-state index contributed by atoms with van der Waals surface area (Å²) in [5, 5.41) is 11.8. The highest BCUT2D eigenvalue weighted by Gasteiger charge is 2.40. The summed E-state index contributed by atoms with van der Waals surface area (Å²) in [6.45, 7) is 5.62. The van der Waals surface area contributed by atoms with Gasteiger partial charge in [-0.25, -0.2) is 4.79 Å². The highest BCUT2D eigenvalue weighted by molar-refractivity contribution is 5.95. The highest BCUT2D eigenvalue weighted by Crippen LogP contribution is 2.39. The molecule has 1 heterocycles. The van der Waals surface area contributed by atoms with Crippen molar-refractivity contribution in [2.24, 2.45) is 0 Å². The van der Waals surface area contributed by atoms with E-state index in [4.69, 9.17) is 0 Å². The maximum Gasteiger partial charge on any atom is 0.319 e. The predicted molar refractivity (Wildman–Crippen MR) is 159 cm³/mol. The fourth-order valence-electron chi connectivity index (χ4n) is 5.22. The van der Waals surface area contributed by atoms with Gasteiger partial charge in [-0.1, -0.05) is 66.7 Å². The number of rotatable bonds is 7. The van der Waals surface area contributed by atoms with Gasteiger partial charge in [-0.2, -0.15) is 0 Å². The predicted octanol–water partition coefficient (Wildman–Crippen LogP) is 5.28. The molecule has 3 unspecified atom stereocenters. The van der Waals surface area contributed by atoms with Crippen molar-refractivity contribution in [3.8, 4) is 0 Å². The second kappa shape index (κ2) is 12.7. The van der Waals surface area contributed by atoms with Crippen LogP contribution in [0.2, 0.25) is 0 Å². The van der Waals surface area contributed by atoms with E-state index in [-0.39, 0.29) is 30.3 Å². The molecule has 1 saturated heterocycles. The molecule has 4 rings (SSSR count). The van der Waals surface area contributed by atoms with Gasteiger partial charge in [-0.15, -0.1) is 0 Å². The summed E-state index contributed by atoms with van der Waals surface area (Å²) in [5.74, 6) is -0.550. The van der Waals surface area contributed by atoms with Gasteiger partial charge in [0, 0.05) is 24.0 Å². The zero-order valence-corrected chi connectivity index (χ0v) is 23.6. The molecule has 8 heteroatoms. The molecule has 1 aliphatic heterocycles. The Balaban J connectivity index is 1.67. The average molecular weight is 542 g/mol. The number of carbonyl (C=O) groups excluding carboxylic acids is 3. The van der Waals surface area contributed by atoms with E-state index < -0.39 is 17.6 Å². The van der Waals surface area contributed by atoms with Gasteiger partial charge in [0.2, 0.25) is 11.8 Å². The minimum absolute atomic E-state index is 0.0241. The SMILES string of the molecule is CNc1cccc(NC(=O)NC2CC(c3ccccc3)CC(c3ccccc3)N(CC(=O)NC(C)(C)C)C2=O)c1. The van der Waals surface area contributed by atoms with E-state index in [9.17, 15) is 14.4 Å². The van der Waals surface area contributed by atoms with Gasteiger partial charge in [0.15, 0.2) is 0 Å². The average Bonchev–Trinajstić information content (AvgIpc) is 3.05. The molecule has 3 aromatic carbocycles. The van der Waals surface area contributed by atoms with E-state index in [1.165, 1.54) is 0 Å². The monoisotopic (exact) mass is 541 g/mol. The van der Waals surface area contributed by atoms with Gasteiger partial charge in [0.05, 0.1) is 6.04 Å². The molecular formula is C32H39N5O3. The Morgan fingerprint density at radius 3 is 2.10 bits per heavy atom. The first-order valence-electron chi connectivity index (χ1n) is 13.7. The van der Waals surface area contributed by atoms with E-state index in [2.05, 4.69) is 33.4 Å². The molecule has 0 saturated carbocycles. The van der Waals surface area contributed by atoms with Gasteiger partial charge < -0.3 is 26.2 Å². The lowest BCUT2D eigenvalue weighted by Crippen LogP contribution is -2.53. The zero-order valence-electron chi connectivity index (χ0n) is 23.6. The number of urea groups is 1. The smallest absolute Gasteiger partial charge is 0.319 e. The molecule has 0 radical (unpaired) electrons. The number of benzene rings is 3. The molecular weight excluding hydrogens is 502 g/mol. The van der Waals surface area contributed by atoms with E-state index in [0.29, 0.717) is 18.5 Å². The third-order valence-corrected chi connectivity index (χ3v) is 6.98. The summed E-state index contributed by atoms with van der Waals surface area (Å²) in [6.07, 6.45) is 1.03. The van der Waals surface area contributed by atoms with E-state index >= 15 is 0 Å². The van der Waals surface area contributed by atoms with E-state index in [1.54, 1.807) is 18.0 Å². The number of likely N-dealkylation sites (tertiary alicyclic amines) is 1. The van der Waals surface area contributed by atoms with Crippen LogP contribution in [0.15, 0.2) is 84.9 Å². The van der Waals surface area contributed by atoms with Gasteiger partial charge in [-0.05, 0) is 68.9 Å². The van der Waals surface area contributed by atoms with Crippen LogP contribution in [-0.2, 0) is 9.59 Å². The maximum atomic E-state index is 14.2. The summed E-state index contributed by atoms with van der Waals surface area (Å²) >= 11 is 0. The van der Waals surface area contributed by atoms with Crippen molar-refractivity contribution in [2.45, 2.75) is 57.2 Å². The Morgan fingerprint density at radius 2 is 1.48 bits per heavy atom. The second-order valence-electron chi connectivity index (χ2n) is 11.3. The van der Waals surface area contributed by atoms with Crippen LogP contribution in [0.4, 0.5) is 16.2 Å². The Hall–Kier alpha value is -4.33. The van der Waals surface area contributed by atoms with Gasteiger partial charge >= 0.3 is 6.03 Å². The quantitative estimate of drug-likeness (QED) is 0.327. The van der Waals surface area contributed by atoms with Crippen molar-refractivity contribution < 1.29 is 14.4 Å². The highest BCUT2D eigenvalue weighted by atomic mass is 16.2. The van der Waals surface area contributed by atoms with Crippen LogP contribution in [0.5, 0.6) is 0 Å². The number of anilines is 2. The van der Waals surface area contributed by atoms with Crippen molar-refractivity contribution in [3.63, 3.8) is 0 Å². The first-order valence-corrected chi connectivity index (χ1v) is 13.7. The standard InChI is InChI=1S/C32H39N5O3/c1-32(2,3)36-29(38)21-37-28(23-14-9-6-10-15-23)19-24(22-12-7-5-8-13-22)18-27(30(37)39)35-31(40)34-26-17-11-16-25(20-26)33-4/h5-17,20,24,27-28,33H,18-19,21H2,1-4H3,(H,36,38)(H2,34,35,40). The third-order valence-electron chi connectivity index (χ3n) is 6.98. The molecule has 210 valence electrons. The van der Waals surface area contributed by atoms with E-state index in [0.717, 1.165) is 16.8 Å². The lowest BCUT2D eigenvalue weighted by atomic mass is 9.86. The zero-order chi connectivity index (χ0) is 28.7. The number of amides is 4. The Bertz CT molecular complexity index is 1310. The Morgan fingerprint density at radius 1 is 0.850 bits per heavy atom. The topological polar surface area (TPSA) is 103 Å². The van der Waals surface area contributed by atoms with Crippen molar-refractivity contribution in [3.05, 3.63) is 96.1 Å². The summed E-state index contributed by atoms with van der Waals surface area (Å²) < 4.78 is 0. The number of carbonyl (C=O) groups is 3. The van der Waals surface area contributed by atoms with E-state index in [1.807, 2.05) is 87.5 Å². The number of hydrogen-bond donors (Lipinski definition) is 4. The lowest BCUT2D eigenvalue weighted by molar-refractivity contribution is -0.139. The number of nitrogens with zero attached hydrogens (tertiary/aromatic N) is 1. The molecule has 1 aliphatic rings. The fourth-order valence-corrected chi connectivity index (χ4v) is 5.22. The minimum Gasteiger partial charge on any atom is -0.388 e. The van der Waals surface area contributed by atoms with Crippen LogP contribution in [0.25, 0.3) is 0 Å². The number of hydrogen-bond acceptors (Lipinski definition) is 4. The Kier molecular flexibility index (Phi) is 9.09. The van der Waals surface area contributed by atoms with Gasteiger partial charge in [0.25, 0.3) is 0 Å². The third kappa shape index (κ3) is 7.62. The molecule has 3 atom stereocenters. The molecule has 4 N–H and O–H groups in total. The summed E-state index contributed by atoms with van der Waals surface area (Å²) in [5.41, 5.74) is 3.06. The fraction of sp³-hybridized carbons (Fsp3) is 0.344. The number of nitrogens with one attached hydrogen (secondary N) is 4.